The van der Waals surface area contributed by atoms with Gasteiger partial charge in [0.1, 0.15) is 5.75 Å². The van der Waals surface area contributed by atoms with Crippen LogP contribution in [0.4, 0.5) is 0 Å². The normalized spacial score (nSPS) is 10.6. The first-order valence-corrected chi connectivity index (χ1v) is 6.34. The average molecular weight is 270 g/mol. The molecule has 2 nitrogen and oxygen atoms in total. The fourth-order valence-corrected chi connectivity index (χ4v) is 2.40. The number of aromatic nitrogens is 1. The quantitative estimate of drug-likeness (QED) is 0.680. The SMILES string of the molecule is COc1ccc2c(Cl)cc(-c3ccccn3)cc2c1. The van der Waals surface area contributed by atoms with E-state index in [9.17, 15) is 0 Å². The first kappa shape index (κ1) is 12.0. The third-order valence-electron chi connectivity index (χ3n) is 3.07. The summed E-state index contributed by atoms with van der Waals surface area (Å²) in [5.41, 5.74) is 1.92. The Labute approximate surface area is 116 Å². The van der Waals surface area contributed by atoms with Gasteiger partial charge in [-0.2, -0.15) is 0 Å². The van der Waals surface area contributed by atoms with Gasteiger partial charge in [-0.1, -0.05) is 17.7 Å². The molecule has 0 atom stereocenters. The van der Waals surface area contributed by atoms with E-state index in [2.05, 4.69) is 11.1 Å². The number of hydrogen-bond donors (Lipinski definition) is 0. The van der Waals surface area contributed by atoms with E-state index in [0.717, 1.165) is 32.8 Å². The van der Waals surface area contributed by atoms with Crippen LogP contribution in [0.3, 0.4) is 0 Å². The minimum Gasteiger partial charge on any atom is -0.497 e. The molecule has 0 aliphatic rings. The van der Waals surface area contributed by atoms with E-state index < -0.39 is 0 Å². The van der Waals surface area contributed by atoms with Gasteiger partial charge in [-0.3, -0.25) is 4.98 Å². The van der Waals surface area contributed by atoms with E-state index in [1.54, 1.807) is 13.3 Å². The average Bonchev–Trinajstić information content (AvgIpc) is 2.47. The standard InChI is InChI=1S/C16H12ClNO/c1-19-13-5-6-14-11(9-13)8-12(10-15(14)17)16-4-2-3-7-18-16/h2-10H,1H3. The zero-order valence-electron chi connectivity index (χ0n) is 10.4. The number of fused-ring (bicyclic) bond motifs is 1. The number of hydrogen-bond acceptors (Lipinski definition) is 2. The number of nitrogens with zero attached hydrogens (tertiary/aromatic N) is 1. The van der Waals surface area contributed by atoms with E-state index in [1.165, 1.54) is 0 Å². The number of benzene rings is 2. The van der Waals surface area contributed by atoms with E-state index >= 15 is 0 Å². The molecule has 0 spiro atoms. The Morgan fingerprint density at radius 3 is 2.68 bits per heavy atom. The first-order valence-electron chi connectivity index (χ1n) is 5.96. The number of halogens is 1. The van der Waals surface area contributed by atoms with Gasteiger partial charge in [-0.05, 0) is 47.9 Å². The summed E-state index contributed by atoms with van der Waals surface area (Å²) in [6.45, 7) is 0. The van der Waals surface area contributed by atoms with Crippen molar-refractivity contribution in [1.29, 1.82) is 0 Å². The molecule has 0 unspecified atom stereocenters. The lowest BCUT2D eigenvalue weighted by Gasteiger charge is -2.07. The van der Waals surface area contributed by atoms with Crippen molar-refractivity contribution in [3.05, 3.63) is 59.8 Å². The molecule has 3 heteroatoms. The zero-order valence-corrected chi connectivity index (χ0v) is 11.2. The van der Waals surface area contributed by atoms with Crippen molar-refractivity contribution in [2.45, 2.75) is 0 Å². The zero-order chi connectivity index (χ0) is 13.2. The van der Waals surface area contributed by atoms with Crippen LogP contribution in [-0.4, -0.2) is 12.1 Å². The molecule has 0 aliphatic carbocycles. The molecule has 0 saturated carbocycles. The van der Waals surface area contributed by atoms with Crippen molar-refractivity contribution in [3.63, 3.8) is 0 Å². The third-order valence-corrected chi connectivity index (χ3v) is 3.38. The summed E-state index contributed by atoms with van der Waals surface area (Å²) in [4.78, 5) is 4.35. The van der Waals surface area contributed by atoms with Gasteiger partial charge >= 0.3 is 0 Å². The molecule has 3 rings (SSSR count). The molecule has 0 bridgehead atoms. The van der Waals surface area contributed by atoms with Crippen molar-refractivity contribution in [2.75, 3.05) is 7.11 Å². The van der Waals surface area contributed by atoms with Crippen molar-refractivity contribution in [3.8, 4) is 17.0 Å². The second-order valence-electron chi connectivity index (χ2n) is 4.26. The highest BCUT2D eigenvalue weighted by molar-refractivity contribution is 6.36. The second-order valence-corrected chi connectivity index (χ2v) is 4.67. The van der Waals surface area contributed by atoms with Crippen LogP contribution in [0.1, 0.15) is 0 Å². The maximum atomic E-state index is 6.34. The van der Waals surface area contributed by atoms with Gasteiger partial charge < -0.3 is 4.74 Å². The van der Waals surface area contributed by atoms with Crippen molar-refractivity contribution < 1.29 is 4.74 Å². The van der Waals surface area contributed by atoms with E-state index in [-0.39, 0.29) is 0 Å². The molecule has 0 amide bonds. The van der Waals surface area contributed by atoms with Crippen LogP contribution in [-0.2, 0) is 0 Å². The summed E-state index contributed by atoms with van der Waals surface area (Å²) in [5, 5.41) is 2.79. The second kappa shape index (κ2) is 4.90. The molecule has 3 aromatic rings. The maximum absolute atomic E-state index is 6.34. The molecule has 0 N–H and O–H groups in total. The van der Waals surface area contributed by atoms with E-state index in [4.69, 9.17) is 16.3 Å². The largest absolute Gasteiger partial charge is 0.497 e. The number of methoxy groups -OCH3 is 1. The van der Waals surface area contributed by atoms with Gasteiger partial charge in [-0.15, -0.1) is 0 Å². The topological polar surface area (TPSA) is 22.1 Å². The summed E-state index contributed by atoms with van der Waals surface area (Å²) in [6, 6.07) is 15.7. The highest BCUT2D eigenvalue weighted by Crippen LogP contribution is 2.31. The maximum Gasteiger partial charge on any atom is 0.119 e. The minimum absolute atomic E-state index is 0.723. The lowest BCUT2D eigenvalue weighted by atomic mass is 10.0. The molecule has 2 aromatic carbocycles. The van der Waals surface area contributed by atoms with E-state index in [1.807, 2.05) is 42.5 Å². The third kappa shape index (κ3) is 2.27. The lowest BCUT2D eigenvalue weighted by Crippen LogP contribution is -1.86. The Bertz CT molecular complexity index is 725. The number of pyridine rings is 1. The van der Waals surface area contributed by atoms with Gasteiger partial charge in [0.15, 0.2) is 0 Å². The highest BCUT2D eigenvalue weighted by atomic mass is 35.5. The Morgan fingerprint density at radius 1 is 1.05 bits per heavy atom. The fraction of sp³-hybridized carbons (Fsp3) is 0.0625. The van der Waals surface area contributed by atoms with Crippen LogP contribution >= 0.6 is 11.6 Å². The Balaban J connectivity index is 2.23. The van der Waals surface area contributed by atoms with Crippen molar-refractivity contribution >= 4 is 22.4 Å². The molecule has 0 aliphatic heterocycles. The molecule has 1 heterocycles. The Morgan fingerprint density at radius 2 is 1.95 bits per heavy atom. The number of rotatable bonds is 2. The molecule has 0 radical (unpaired) electrons. The highest BCUT2D eigenvalue weighted by Gasteiger charge is 2.06. The monoisotopic (exact) mass is 269 g/mol. The van der Waals surface area contributed by atoms with Crippen LogP contribution in [0.25, 0.3) is 22.0 Å². The summed E-state index contributed by atoms with van der Waals surface area (Å²) in [6.07, 6.45) is 1.78. The predicted molar refractivity (Wildman–Crippen MR) is 78.7 cm³/mol. The van der Waals surface area contributed by atoms with Crippen molar-refractivity contribution in [1.82, 2.24) is 4.98 Å². The molecule has 1 aromatic heterocycles. The molecule has 0 saturated heterocycles. The van der Waals surface area contributed by atoms with Gasteiger partial charge in [0.05, 0.1) is 12.8 Å². The molecule has 19 heavy (non-hydrogen) atoms. The summed E-state index contributed by atoms with van der Waals surface area (Å²) < 4.78 is 5.25. The van der Waals surface area contributed by atoms with Crippen molar-refractivity contribution in [2.24, 2.45) is 0 Å². The van der Waals surface area contributed by atoms with Crippen LogP contribution in [0.2, 0.25) is 5.02 Å². The first-order chi connectivity index (χ1) is 9.28. The summed E-state index contributed by atoms with van der Waals surface area (Å²) in [7, 11) is 1.66. The number of ether oxygens (including phenoxy) is 1. The molecule has 0 fully saturated rings. The molecular formula is C16H12ClNO. The van der Waals surface area contributed by atoms with Gasteiger partial charge in [0.25, 0.3) is 0 Å². The van der Waals surface area contributed by atoms with E-state index in [0.29, 0.717) is 0 Å². The van der Waals surface area contributed by atoms with Crippen LogP contribution < -0.4 is 4.74 Å². The molecular weight excluding hydrogens is 258 g/mol. The summed E-state index contributed by atoms with van der Waals surface area (Å²) in [5.74, 6) is 0.821. The summed E-state index contributed by atoms with van der Waals surface area (Å²) >= 11 is 6.34. The van der Waals surface area contributed by atoms with Crippen LogP contribution in [0.15, 0.2) is 54.7 Å². The van der Waals surface area contributed by atoms with Gasteiger partial charge in [0.2, 0.25) is 0 Å². The Kier molecular flexibility index (Phi) is 3.10. The smallest absolute Gasteiger partial charge is 0.119 e. The van der Waals surface area contributed by atoms with Crippen LogP contribution in [0.5, 0.6) is 5.75 Å². The fourth-order valence-electron chi connectivity index (χ4n) is 2.11. The lowest BCUT2D eigenvalue weighted by molar-refractivity contribution is 0.415. The van der Waals surface area contributed by atoms with Gasteiger partial charge in [-0.25, -0.2) is 0 Å². The Hall–Kier alpha value is -2.06. The van der Waals surface area contributed by atoms with Crippen LogP contribution in [0, 0.1) is 0 Å². The molecule has 94 valence electrons. The minimum atomic E-state index is 0.723. The van der Waals surface area contributed by atoms with Gasteiger partial charge in [0, 0.05) is 22.2 Å². The predicted octanol–water partition coefficient (Wildman–Crippen LogP) is 4.56.